The molecule has 1 aromatic carbocycles. The summed E-state index contributed by atoms with van der Waals surface area (Å²) in [4.78, 5) is 2.11. The van der Waals surface area contributed by atoms with Crippen LogP contribution in [0.5, 0.6) is 0 Å². The number of nitrogens with one attached hydrogen (secondary N) is 2. The van der Waals surface area contributed by atoms with Crippen molar-refractivity contribution in [1.29, 1.82) is 0 Å². The monoisotopic (exact) mass is 311 g/mol. The lowest BCUT2D eigenvalue weighted by Gasteiger charge is -2.37. The molecule has 0 amide bonds. The van der Waals surface area contributed by atoms with Crippen molar-refractivity contribution >= 4 is 11.4 Å². The van der Waals surface area contributed by atoms with Crippen LogP contribution in [0.2, 0.25) is 0 Å². The summed E-state index contributed by atoms with van der Waals surface area (Å²) in [6, 6.07) is 6.10. The Balaban J connectivity index is 0.000000789. The number of piperazine rings is 1. The van der Waals surface area contributed by atoms with E-state index in [0.717, 1.165) is 18.8 Å². The van der Waals surface area contributed by atoms with E-state index in [9.17, 15) is 4.39 Å². The molecule has 4 heteroatoms. The van der Waals surface area contributed by atoms with Gasteiger partial charge < -0.3 is 15.5 Å². The third-order valence-corrected chi connectivity index (χ3v) is 3.13. The van der Waals surface area contributed by atoms with Crippen LogP contribution in [0.3, 0.4) is 0 Å². The second kappa shape index (κ2) is 11.3. The molecule has 3 nitrogen and oxygen atoms in total. The van der Waals surface area contributed by atoms with Crippen LogP contribution in [0.25, 0.3) is 0 Å². The predicted octanol–water partition coefficient (Wildman–Crippen LogP) is 4.50. The highest BCUT2D eigenvalue weighted by Gasteiger charge is 2.22. The number of hydrogen-bond donors (Lipinski definition) is 2. The molecule has 1 saturated heterocycles. The average molecular weight is 311 g/mol. The first kappa shape index (κ1) is 20.7. The number of nitrogens with zero attached hydrogens (tertiary/aromatic N) is 1. The molecule has 1 aliphatic heterocycles. The minimum Gasteiger partial charge on any atom is -0.388 e. The highest BCUT2D eigenvalue weighted by Crippen LogP contribution is 2.24. The summed E-state index contributed by atoms with van der Waals surface area (Å²) in [5.74, 6) is -0.154. The van der Waals surface area contributed by atoms with Crippen molar-refractivity contribution in [3.8, 4) is 0 Å². The molecule has 1 fully saturated rings. The smallest absolute Gasteiger partial charge is 0.148 e. The van der Waals surface area contributed by atoms with Crippen molar-refractivity contribution in [2.75, 3.05) is 30.4 Å². The molecule has 2 unspecified atom stereocenters. The Morgan fingerprint density at radius 2 is 1.68 bits per heavy atom. The number of halogens is 1. The zero-order valence-corrected chi connectivity index (χ0v) is 15.3. The Hall–Kier alpha value is -1.29. The lowest BCUT2D eigenvalue weighted by atomic mass is 10.1. The molecule has 22 heavy (non-hydrogen) atoms. The van der Waals surface area contributed by atoms with E-state index < -0.39 is 0 Å². The van der Waals surface area contributed by atoms with Crippen LogP contribution in [-0.4, -0.2) is 32.2 Å². The van der Waals surface area contributed by atoms with Gasteiger partial charge in [-0.2, -0.15) is 0 Å². The van der Waals surface area contributed by atoms with Gasteiger partial charge in [-0.15, -0.1) is 0 Å². The zero-order valence-electron chi connectivity index (χ0n) is 15.3. The molecule has 0 aliphatic carbocycles. The Kier molecular flexibility index (Phi) is 10.6. The minimum atomic E-state index is -0.154. The summed E-state index contributed by atoms with van der Waals surface area (Å²) in [6.45, 7) is 14.2. The number of anilines is 2. The maximum atomic E-state index is 14.0. The molecule has 1 aromatic rings. The van der Waals surface area contributed by atoms with E-state index in [1.807, 2.05) is 26.0 Å². The van der Waals surface area contributed by atoms with Gasteiger partial charge in [0.1, 0.15) is 5.82 Å². The van der Waals surface area contributed by atoms with Gasteiger partial charge in [0, 0.05) is 37.9 Å². The summed E-state index contributed by atoms with van der Waals surface area (Å²) >= 11 is 0. The van der Waals surface area contributed by atoms with Crippen LogP contribution in [0.4, 0.5) is 15.8 Å². The first-order valence-electron chi connectivity index (χ1n) is 8.50. The minimum absolute atomic E-state index is 0.154. The summed E-state index contributed by atoms with van der Waals surface area (Å²) in [5.41, 5.74) is 1.51. The largest absolute Gasteiger partial charge is 0.388 e. The maximum Gasteiger partial charge on any atom is 0.148 e. The van der Waals surface area contributed by atoms with Gasteiger partial charge in [-0.05, 0) is 32.0 Å². The van der Waals surface area contributed by atoms with Gasteiger partial charge in [0.25, 0.3) is 0 Å². The van der Waals surface area contributed by atoms with Gasteiger partial charge in [0.05, 0.1) is 5.69 Å². The Morgan fingerprint density at radius 3 is 2.09 bits per heavy atom. The van der Waals surface area contributed by atoms with Gasteiger partial charge in [-0.1, -0.05) is 34.1 Å². The average Bonchev–Trinajstić information content (AvgIpc) is 2.49. The maximum absolute atomic E-state index is 14.0. The molecule has 0 bridgehead atoms. The van der Waals surface area contributed by atoms with Gasteiger partial charge in [0.2, 0.25) is 0 Å². The Labute approximate surface area is 136 Å². The quantitative estimate of drug-likeness (QED) is 0.842. The summed E-state index contributed by atoms with van der Waals surface area (Å²) in [5, 5.41) is 6.39. The molecule has 1 heterocycles. The molecule has 2 rings (SSSR count). The van der Waals surface area contributed by atoms with Crippen molar-refractivity contribution in [2.24, 2.45) is 0 Å². The summed E-state index contributed by atoms with van der Waals surface area (Å²) in [6.07, 6.45) is 1.25. The van der Waals surface area contributed by atoms with Gasteiger partial charge in [-0.25, -0.2) is 4.39 Å². The van der Waals surface area contributed by atoms with Crippen LogP contribution in [0.15, 0.2) is 18.2 Å². The number of rotatable bonds is 2. The highest BCUT2D eigenvalue weighted by atomic mass is 19.1. The second-order valence-electron chi connectivity index (χ2n) is 5.50. The predicted molar refractivity (Wildman–Crippen MR) is 97.5 cm³/mol. The van der Waals surface area contributed by atoms with E-state index >= 15 is 0 Å². The highest BCUT2D eigenvalue weighted by molar-refractivity contribution is 5.56. The van der Waals surface area contributed by atoms with Crippen molar-refractivity contribution < 1.29 is 4.39 Å². The first-order chi connectivity index (χ1) is 10.5. The molecule has 0 aromatic heterocycles. The van der Waals surface area contributed by atoms with E-state index in [2.05, 4.69) is 43.2 Å². The Bertz CT molecular complexity index is 399. The lowest BCUT2D eigenvalue weighted by molar-refractivity contribution is 0.404. The fourth-order valence-electron chi connectivity index (χ4n) is 2.44. The van der Waals surface area contributed by atoms with Crippen molar-refractivity contribution in [3.05, 3.63) is 24.0 Å². The normalized spacial score (nSPS) is 20.3. The van der Waals surface area contributed by atoms with E-state index in [4.69, 9.17) is 0 Å². The lowest BCUT2D eigenvalue weighted by Crippen LogP contribution is -2.54. The topological polar surface area (TPSA) is 27.3 Å². The van der Waals surface area contributed by atoms with E-state index in [1.165, 1.54) is 6.42 Å². The van der Waals surface area contributed by atoms with Gasteiger partial charge >= 0.3 is 0 Å². The fraction of sp³-hybridized carbons (Fsp3) is 0.667. The van der Waals surface area contributed by atoms with Crippen LogP contribution >= 0.6 is 0 Å². The molecule has 1 aliphatic rings. The molecule has 0 saturated carbocycles. The fourth-order valence-corrected chi connectivity index (χ4v) is 2.44. The van der Waals surface area contributed by atoms with Crippen LogP contribution in [-0.2, 0) is 0 Å². The van der Waals surface area contributed by atoms with E-state index in [0.29, 0.717) is 17.8 Å². The standard InChI is InChI=1S/C13H20FN3.C3H8.C2H6/c1-9-7-17(8-10(2)16-9)13-5-4-11(15-3)6-12(13)14;1-3-2;1-2/h4-6,9-10,15-16H,7-8H2,1-3H3;3H2,1-2H3;1-2H3. The molecule has 2 N–H and O–H groups in total. The van der Waals surface area contributed by atoms with Crippen LogP contribution in [0.1, 0.15) is 48.0 Å². The summed E-state index contributed by atoms with van der Waals surface area (Å²) in [7, 11) is 1.80. The van der Waals surface area contributed by atoms with Crippen molar-refractivity contribution in [1.82, 2.24) is 5.32 Å². The van der Waals surface area contributed by atoms with Crippen molar-refractivity contribution in [3.63, 3.8) is 0 Å². The SMILES string of the molecule is CC.CCC.CNc1ccc(N2CC(C)NC(C)C2)c(F)c1. The van der Waals surface area contributed by atoms with Gasteiger partial charge in [0.15, 0.2) is 0 Å². The number of benzene rings is 1. The van der Waals surface area contributed by atoms with Crippen LogP contribution in [0, 0.1) is 5.82 Å². The third-order valence-electron chi connectivity index (χ3n) is 3.13. The third kappa shape index (κ3) is 6.65. The molecule has 0 radical (unpaired) electrons. The van der Waals surface area contributed by atoms with E-state index in [-0.39, 0.29) is 5.82 Å². The zero-order chi connectivity index (χ0) is 17.1. The summed E-state index contributed by atoms with van der Waals surface area (Å²) < 4.78 is 14.0. The molecule has 128 valence electrons. The van der Waals surface area contributed by atoms with Crippen molar-refractivity contribution in [2.45, 2.75) is 60.0 Å². The second-order valence-corrected chi connectivity index (χ2v) is 5.50. The van der Waals surface area contributed by atoms with Crippen LogP contribution < -0.4 is 15.5 Å². The van der Waals surface area contributed by atoms with Gasteiger partial charge in [-0.3, -0.25) is 0 Å². The Morgan fingerprint density at radius 1 is 1.18 bits per heavy atom. The first-order valence-corrected chi connectivity index (χ1v) is 8.50. The molecule has 0 spiro atoms. The molecular formula is C18H34FN3. The number of hydrogen-bond acceptors (Lipinski definition) is 3. The molecular weight excluding hydrogens is 277 g/mol. The molecule has 2 atom stereocenters. The van der Waals surface area contributed by atoms with E-state index in [1.54, 1.807) is 13.1 Å².